The number of carbonyl (C=O) groups excluding carboxylic acids is 1. The summed E-state index contributed by atoms with van der Waals surface area (Å²) in [7, 11) is 4.09. The van der Waals surface area contributed by atoms with Crippen LogP contribution < -0.4 is 4.90 Å². The summed E-state index contributed by atoms with van der Waals surface area (Å²) in [5.74, 6) is 1.50. The Morgan fingerprint density at radius 1 is 1.30 bits per heavy atom. The van der Waals surface area contributed by atoms with Crippen molar-refractivity contribution in [2.45, 2.75) is 25.8 Å². The summed E-state index contributed by atoms with van der Waals surface area (Å²) >= 11 is 1.44. The summed E-state index contributed by atoms with van der Waals surface area (Å²) in [6.45, 7) is 2.73. The van der Waals surface area contributed by atoms with E-state index in [-0.39, 0.29) is 11.9 Å². The van der Waals surface area contributed by atoms with Crippen molar-refractivity contribution in [2.75, 3.05) is 25.5 Å². The third-order valence-electron chi connectivity index (χ3n) is 4.83. The van der Waals surface area contributed by atoms with E-state index >= 15 is 0 Å². The molecule has 1 aliphatic heterocycles. The second kappa shape index (κ2) is 7.29. The molecule has 1 aliphatic rings. The molecule has 3 heterocycles. The number of rotatable bonds is 4. The normalized spacial score (nSPS) is 16.6. The van der Waals surface area contributed by atoms with Crippen LogP contribution in [-0.4, -0.2) is 42.5 Å². The highest BCUT2D eigenvalue weighted by molar-refractivity contribution is 7.13. The number of furan rings is 1. The van der Waals surface area contributed by atoms with Gasteiger partial charge >= 0.3 is 0 Å². The molecule has 0 bridgehead atoms. The molecule has 27 heavy (non-hydrogen) atoms. The van der Waals surface area contributed by atoms with Crippen molar-refractivity contribution in [3.8, 4) is 10.8 Å². The van der Waals surface area contributed by atoms with Crippen LogP contribution in [0.3, 0.4) is 0 Å². The highest BCUT2D eigenvalue weighted by atomic mass is 32.1. The van der Waals surface area contributed by atoms with Crippen LogP contribution in [0.15, 0.2) is 46.2 Å². The van der Waals surface area contributed by atoms with Crippen LogP contribution in [-0.2, 0) is 6.42 Å². The van der Waals surface area contributed by atoms with Gasteiger partial charge in [0.1, 0.15) is 11.5 Å². The number of likely N-dealkylation sites (N-methyl/N-ethyl adjacent to an activating group) is 1. The number of fused-ring (bicyclic) bond motifs is 1. The van der Waals surface area contributed by atoms with E-state index in [9.17, 15) is 4.79 Å². The van der Waals surface area contributed by atoms with E-state index in [1.54, 1.807) is 0 Å². The Kier molecular flexibility index (Phi) is 4.85. The molecule has 3 aromatic rings. The van der Waals surface area contributed by atoms with Crippen molar-refractivity contribution in [3.05, 3.63) is 58.8 Å². The number of aryl methyl sites for hydroxylation is 2. The van der Waals surface area contributed by atoms with Gasteiger partial charge in [-0.15, -0.1) is 11.3 Å². The molecule has 1 atom stereocenters. The monoisotopic (exact) mass is 381 g/mol. The van der Waals surface area contributed by atoms with E-state index in [1.165, 1.54) is 16.9 Å². The molecule has 1 amide bonds. The first-order chi connectivity index (χ1) is 13.0. The topological polar surface area (TPSA) is 49.6 Å². The Balaban J connectivity index is 1.68. The zero-order chi connectivity index (χ0) is 19.0. The summed E-state index contributed by atoms with van der Waals surface area (Å²) in [6.07, 6.45) is 1.95. The van der Waals surface area contributed by atoms with E-state index < -0.39 is 0 Å². The number of aromatic nitrogens is 1. The minimum absolute atomic E-state index is 0.0419. The molecule has 2 aromatic heterocycles. The highest BCUT2D eigenvalue weighted by Crippen LogP contribution is 2.33. The van der Waals surface area contributed by atoms with Crippen molar-refractivity contribution >= 4 is 22.9 Å². The minimum Gasteiger partial charge on any atom is -0.459 e. The van der Waals surface area contributed by atoms with Crippen LogP contribution in [0.5, 0.6) is 0 Å². The Morgan fingerprint density at radius 2 is 2.11 bits per heavy atom. The largest absolute Gasteiger partial charge is 0.459 e. The lowest BCUT2D eigenvalue weighted by Gasteiger charge is -2.38. The van der Waals surface area contributed by atoms with Gasteiger partial charge in [0.05, 0.1) is 6.04 Å². The van der Waals surface area contributed by atoms with E-state index in [0.29, 0.717) is 11.5 Å². The second-order valence-electron chi connectivity index (χ2n) is 7.21. The minimum atomic E-state index is -0.0419. The fourth-order valence-corrected chi connectivity index (χ4v) is 4.39. The maximum absolute atomic E-state index is 13.4. The average Bonchev–Trinajstić information content (AvgIpc) is 3.29. The van der Waals surface area contributed by atoms with Gasteiger partial charge in [0.25, 0.3) is 5.91 Å². The Bertz CT molecular complexity index is 960. The van der Waals surface area contributed by atoms with E-state index in [2.05, 4.69) is 16.0 Å². The third-order valence-corrected chi connectivity index (χ3v) is 5.69. The molecule has 6 heteroatoms. The predicted molar refractivity (Wildman–Crippen MR) is 108 cm³/mol. The summed E-state index contributed by atoms with van der Waals surface area (Å²) in [4.78, 5) is 22.1. The SMILES string of the molecule is Cc1ccc(-c2nc(C(=O)N3c4ccccc4CCC3CN(C)C)cs2)o1. The molecule has 0 spiro atoms. The van der Waals surface area contributed by atoms with Gasteiger partial charge in [-0.3, -0.25) is 4.79 Å². The van der Waals surface area contributed by atoms with E-state index in [1.807, 2.05) is 61.6 Å². The molecule has 0 saturated heterocycles. The predicted octanol–water partition coefficient (Wildman–Crippen LogP) is 4.23. The molecule has 1 aromatic carbocycles. The Hall–Kier alpha value is -2.44. The zero-order valence-electron chi connectivity index (χ0n) is 15.8. The molecule has 0 fully saturated rings. The first kappa shape index (κ1) is 17.9. The Labute approximate surface area is 163 Å². The number of amides is 1. The quantitative estimate of drug-likeness (QED) is 0.678. The van der Waals surface area contributed by atoms with Gasteiger partial charge in [-0.25, -0.2) is 4.98 Å². The number of benzene rings is 1. The van der Waals surface area contributed by atoms with Gasteiger partial charge in [0.15, 0.2) is 10.8 Å². The zero-order valence-corrected chi connectivity index (χ0v) is 16.6. The number of para-hydroxylation sites is 1. The molecule has 5 nitrogen and oxygen atoms in total. The van der Waals surface area contributed by atoms with Crippen LogP contribution in [0.1, 0.15) is 28.2 Å². The van der Waals surface area contributed by atoms with Gasteiger partial charge in [-0.05, 0) is 57.6 Å². The number of carbonyl (C=O) groups is 1. The molecule has 0 saturated carbocycles. The van der Waals surface area contributed by atoms with Crippen LogP contribution in [0.2, 0.25) is 0 Å². The summed E-state index contributed by atoms with van der Waals surface area (Å²) in [5, 5.41) is 2.57. The first-order valence-electron chi connectivity index (χ1n) is 9.11. The van der Waals surface area contributed by atoms with E-state index in [4.69, 9.17) is 4.42 Å². The molecular formula is C21H23N3O2S. The fourth-order valence-electron chi connectivity index (χ4n) is 3.63. The number of nitrogens with zero attached hydrogens (tertiary/aromatic N) is 3. The Morgan fingerprint density at radius 3 is 2.85 bits per heavy atom. The summed E-state index contributed by atoms with van der Waals surface area (Å²) < 4.78 is 5.65. The average molecular weight is 382 g/mol. The molecule has 1 unspecified atom stereocenters. The first-order valence-corrected chi connectivity index (χ1v) is 9.99. The maximum atomic E-state index is 13.4. The van der Waals surface area contributed by atoms with Gasteiger partial charge in [-0.2, -0.15) is 0 Å². The number of thiazole rings is 1. The number of hydrogen-bond donors (Lipinski definition) is 0. The summed E-state index contributed by atoms with van der Waals surface area (Å²) in [5.41, 5.74) is 2.70. The molecular weight excluding hydrogens is 358 g/mol. The highest BCUT2D eigenvalue weighted by Gasteiger charge is 2.33. The smallest absolute Gasteiger partial charge is 0.278 e. The lowest BCUT2D eigenvalue weighted by Crippen LogP contribution is -2.48. The lowest BCUT2D eigenvalue weighted by molar-refractivity contribution is 0.0964. The molecule has 140 valence electrons. The fraction of sp³-hybridized carbons (Fsp3) is 0.333. The van der Waals surface area contributed by atoms with Crippen molar-refractivity contribution < 1.29 is 9.21 Å². The van der Waals surface area contributed by atoms with E-state index in [0.717, 1.165) is 35.8 Å². The molecule has 0 radical (unpaired) electrons. The van der Waals surface area contributed by atoms with Gasteiger partial charge in [0, 0.05) is 17.6 Å². The van der Waals surface area contributed by atoms with Crippen molar-refractivity contribution in [1.82, 2.24) is 9.88 Å². The van der Waals surface area contributed by atoms with Crippen molar-refractivity contribution in [3.63, 3.8) is 0 Å². The number of anilines is 1. The van der Waals surface area contributed by atoms with Crippen LogP contribution in [0.4, 0.5) is 5.69 Å². The van der Waals surface area contributed by atoms with Gasteiger partial charge in [0.2, 0.25) is 0 Å². The molecule has 0 N–H and O–H groups in total. The van der Waals surface area contributed by atoms with Crippen molar-refractivity contribution in [2.24, 2.45) is 0 Å². The summed E-state index contributed by atoms with van der Waals surface area (Å²) in [6, 6.07) is 12.1. The van der Waals surface area contributed by atoms with Gasteiger partial charge < -0.3 is 14.2 Å². The standard InChI is InChI=1S/C21H23N3O2S/c1-14-8-11-19(26-14)20-22-17(13-27-20)21(25)24-16(12-23(2)3)10-9-15-6-4-5-7-18(15)24/h4-8,11,13,16H,9-10,12H2,1-3H3. The third kappa shape index (κ3) is 3.55. The van der Waals surface area contributed by atoms with Crippen molar-refractivity contribution in [1.29, 1.82) is 0 Å². The van der Waals surface area contributed by atoms with Crippen LogP contribution in [0, 0.1) is 6.92 Å². The molecule has 0 aliphatic carbocycles. The van der Waals surface area contributed by atoms with Gasteiger partial charge in [-0.1, -0.05) is 18.2 Å². The lowest BCUT2D eigenvalue weighted by atomic mass is 9.95. The maximum Gasteiger partial charge on any atom is 0.278 e. The van der Waals surface area contributed by atoms with Crippen LogP contribution in [0.25, 0.3) is 10.8 Å². The number of hydrogen-bond acceptors (Lipinski definition) is 5. The molecule has 4 rings (SSSR count). The van der Waals surface area contributed by atoms with Crippen LogP contribution >= 0.6 is 11.3 Å². The second-order valence-corrected chi connectivity index (χ2v) is 8.06.